The smallest absolute Gasteiger partial charge is 0.336 e. The molecule has 0 radical (unpaired) electrons. The molecule has 1 aliphatic carbocycles. The summed E-state index contributed by atoms with van der Waals surface area (Å²) in [5.74, 6) is -0.904. The van der Waals surface area contributed by atoms with Crippen molar-refractivity contribution in [1.29, 1.82) is 0 Å². The van der Waals surface area contributed by atoms with Crippen molar-refractivity contribution in [2.24, 2.45) is 0 Å². The number of hydrogen-bond acceptors (Lipinski definition) is 3. The van der Waals surface area contributed by atoms with Crippen LogP contribution in [0.25, 0.3) is 0 Å². The van der Waals surface area contributed by atoms with Gasteiger partial charge >= 0.3 is 5.97 Å². The average molecular weight is 263 g/mol. The molecule has 0 saturated heterocycles. The number of aliphatic hydroxyl groups excluding tert-OH is 1. The Kier molecular flexibility index (Phi) is 4.93. The summed E-state index contributed by atoms with van der Waals surface area (Å²) in [6.45, 7) is 0.490. The molecule has 0 spiro atoms. The van der Waals surface area contributed by atoms with Gasteiger partial charge in [0, 0.05) is 12.6 Å². The van der Waals surface area contributed by atoms with Crippen LogP contribution in [0.1, 0.15) is 48.0 Å². The minimum absolute atomic E-state index is 0.0735. The molecule has 4 nitrogen and oxygen atoms in total. The highest BCUT2D eigenvalue weighted by molar-refractivity contribution is 5.89. The Hall–Kier alpha value is -1.39. The normalized spacial score (nSPS) is 23.8. The van der Waals surface area contributed by atoms with Gasteiger partial charge in [-0.15, -0.1) is 0 Å². The van der Waals surface area contributed by atoms with E-state index in [2.05, 4.69) is 5.32 Å². The van der Waals surface area contributed by atoms with Crippen LogP contribution in [0.5, 0.6) is 0 Å². The molecule has 2 atom stereocenters. The van der Waals surface area contributed by atoms with Gasteiger partial charge in [-0.25, -0.2) is 4.79 Å². The Balaban J connectivity index is 1.99. The lowest BCUT2D eigenvalue weighted by Crippen LogP contribution is -2.38. The highest BCUT2D eigenvalue weighted by Crippen LogP contribution is 2.19. The Morgan fingerprint density at radius 2 is 1.95 bits per heavy atom. The van der Waals surface area contributed by atoms with Gasteiger partial charge in [0.2, 0.25) is 0 Å². The molecule has 1 aliphatic rings. The number of benzene rings is 1. The van der Waals surface area contributed by atoms with E-state index >= 15 is 0 Å². The molecule has 19 heavy (non-hydrogen) atoms. The van der Waals surface area contributed by atoms with Gasteiger partial charge in [-0.1, -0.05) is 37.5 Å². The van der Waals surface area contributed by atoms with Gasteiger partial charge in [0.25, 0.3) is 0 Å². The topological polar surface area (TPSA) is 69.6 Å². The lowest BCUT2D eigenvalue weighted by atomic mass is 10.0. The number of hydrogen-bond donors (Lipinski definition) is 3. The van der Waals surface area contributed by atoms with Crippen molar-refractivity contribution in [3.63, 3.8) is 0 Å². The number of nitrogens with one attached hydrogen (secondary N) is 1. The zero-order chi connectivity index (χ0) is 13.7. The number of rotatable bonds is 4. The van der Waals surface area contributed by atoms with Crippen LogP contribution in [0.2, 0.25) is 0 Å². The van der Waals surface area contributed by atoms with E-state index in [1.54, 1.807) is 12.1 Å². The van der Waals surface area contributed by atoms with Gasteiger partial charge in [-0.3, -0.25) is 0 Å². The fraction of sp³-hybridized carbons (Fsp3) is 0.533. The van der Waals surface area contributed by atoms with Crippen LogP contribution in [0.3, 0.4) is 0 Å². The second-order valence-electron chi connectivity index (χ2n) is 5.16. The molecule has 0 aromatic heterocycles. The van der Waals surface area contributed by atoms with Crippen molar-refractivity contribution < 1.29 is 15.0 Å². The highest BCUT2D eigenvalue weighted by Gasteiger charge is 2.21. The first-order chi connectivity index (χ1) is 9.18. The maximum atomic E-state index is 11.1. The quantitative estimate of drug-likeness (QED) is 0.728. The Labute approximate surface area is 113 Å². The van der Waals surface area contributed by atoms with E-state index in [0.717, 1.165) is 31.2 Å². The van der Waals surface area contributed by atoms with E-state index in [9.17, 15) is 9.90 Å². The molecule has 1 fully saturated rings. The maximum absolute atomic E-state index is 11.1. The third kappa shape index (κ3) is 3.78. The first-order valence-corrected chi connectivity index (χ1v) is 6.91. The predicted molar refractivity (Wildman–Crippen MR) is 73.1 cm³/mol. The average Bonchev–Trinajstić information content (AvgIpc) is 2.61. The van der Waals surface area contributed by atoms with Crippen LogP contribution in [0.4, 0.5) is 0 Å². The van der Waals surface area contributed by atoms with Crippen molar-refractivity contribution >= 4 is 5.97 Å². The number of aromatic carboxylic acids is 1. The van der Waals surface area contributed by atoms with Gasteiger partial charge in [0.15, 0.2) is 0 Å². The van der Waals surface area contributed by atoms with Crippen molar-refractivity contribution in [1.82, 2.24) is 5.32 Å². The van der Waals surface area contributed by atoms with Crippen LogP contribution in [0.15, 0.2) is 24.3 Å². The molecule has 1 aromatic carbocycles. The summed E-state index contributed by atoms with van der Waals surface area (Å²) in [6, 6.07) is 7.08. The molecule has 0 heterocycles. The molecular formula is C15H21NO3. The minimum atomic E-state index is -0.904. The first-order valence-electron chi connectivity index (χ1n) is 6.91. The molecule has 4 heteroatoms. The van der Waals surface area contributed by atoms with Crippen LogP contribution in [-0.4, -0.2) is 28.3 Å². The molecule has 0 amide bonds. The highest BCUT2D eigenvalue weighted by atomic mass is 16.4. The minimum Gasteiger partial charge on any atom is -0.478 e. The zero-order valence-corrected chi connectivity index (χ0v) is 11.0. The molecular weight excluding hydrogens is 242 g/mol. The fourth-order valence-electron chi connectivity index (χ4n) is 2.65. The third-order valence-electron chi connectivity index (χ3n) is 3.78. The summed E-state index contributed by atoms with van der Waals surface area (Å²) in [5, 5.41) is 22.5. The SMILES string of the molecule is O=C(O)c1ccccc1CNC1CCCCCC1O. The summed E-state index contributed by atoms with van der Waals surface area (Å²) < 4.78 is 0. The number of carboxylic acid groups (broad SMARTS) is 1. The molecule has 1 saturated carbocycles. The second kappa shape index (κ2) is 6.68. The molecule has 0 aliphatic heterocycles. The van der Waals surface area contributed by atoms with Crippen molar-refractivity contribution in [2.75, 3.05) is 0 Å². The first kappa shape index (κ1) is 14.0. The second-order valence-corrected chi connectivity index (χ2v) is 5.16. The Bertz CT molecular complexity index is 433. The largest absolute Gasteiger partial charge is 0.478 e. The summed E-state index contributed by atoms with van der Waals surface area (Å²) in [5.41, 5.74) is 1.10. The van der Waals surface area contributed by atoms with Gasteiger partial charge in [0.05, 0.1) is 11.7 Å². The van der Waals surface area contributed by atoms with Crippen molar-refractivity contribution in [3.05, 3.63) is 35.4 Å². The van der Waals surface area contributed by atoms with Crippen LogP contribution in [-0.2, 0) is 6.54 Å². The number of carboxylic acids is 1. The predicted octanol–water partition coefficient (Wildman–Crippen LogP) is 2.17. The van der Waals surface area contributed by atoms with Crippen LogP contribution < -0.4 is 5.32 Å². The standard InChI is InChI=1S/C15H21NO3/c17-14-9-3-1-2-8-13(14)16-10-11-6-4-5-7-12(11)15(18)19/h4-7,13-14,16-17H,1-3,8-10H2,(H,18,19). The maximum Gasteiger partial charge on any atom is 0.336 e. The third-order valence-corrected chi connectivity index (χ3v) is 3.78. The molecule has 2 rings (SSSR count). The van der Waals surface area contributed by atoms with Crippen molar-refractivity contribution in [3.8, 4) is 0 Å². The number of aliphatic hydroxyl groups is 1. The molecule has 104 valence electrons. The van der Waals surface area contributed by atoms with E-state index in [-0.39, 0.29) is 12.1 Å². The van der Waals surface area contributed by atoms with E-state index in [1.165, 1.54) is 6.42 Å². The molecule has 2 unspecified atom stereocenters. The van der Waals surface area contributed by atoms with Gasteiger partial charge in [-0.2, -0.15) is 0 Å². The monoisotopic (exact) mass is 263 g/mol. The van der Waals surface area contributed by atoms with Gasteiger partial charge in [-0.05, 0) is 24.5 Å². The van der Waals surface area contributed by atoms with Crippen LogP contribution in [0, 0.1) is 0 Å². The molecule has 1 aromatic rings. The van der Waals surface area contributed by atoms with E-state index in [1.807, 2.05) is 12.1 Å². The summed E-state index contributed by atoms with van der Waals surface area (Å²) >= 11 is 0. The summed E-state index contributed by atoms with van der Waals surface area (Å²) in [4.78, 5) is 11.1. The van der Waals surface area contributed by atoms with E-state index in [0.29, 0.717) is 12.1 Å². The molecule has 3 N–H and O–H groups in total. The summed E-state index contributed by atoms with van der Waals surface area (Å²) in [6.07, 6.45) is 4.83. The fourth-order valence-corrected chi connectivity index (χ4v) is 2.65. The van der Waals surface area contributed by atoms with Gasteiger partial charge in [0.1, 0.15) is 0 Å². The van der Waals surface area contributed by atoms with E-state index in [4.69, 9.17) is 5.11 Å². The Morgan fingerprint density at radius 3 is 2.74 bits per heavy atom. The summed E-state index contributed by atoms with van der Waals surface area (Å²) in [7, 11) is 0. The lowest BCUT2D eigenvalue weighted by Gasteiger charge is -2.22. The lowest BCUT2D eigenvalue weighted by molar-refractivity contribution is 0.0695. The molecule has 0 bridgehead atoms. The van der Waals surface area contributed by atoms with Gasteiger partial charge < -0.3 is 15.5 Å². The van der Waals surface area contributed by atoms with Crippen molar-refractivity contribution in [2.45, 2.75) is 50.8 Å². The Morgan fingerprint density at radius 1 is 1.21 bits per heavy atom. The van der Waals surface area contributed by atoms with Crippen LogP contribution >= 0.6 is 0 Å². The number of carbonyl (C=O) groups is 1. The van der Waals surface area contributed by atoms with E-state index < -0.39 is 5.97 Å². The zero-order valence-electron chi connectivity index (χ0n) is 11.0.